The van der Waals surface area contributed by atoms with Gasteiger partial charge >= 0.3 is 0 Å². The molecule has 5 nitrogen and oxygen atoms in total. The molecular weight excluding hydrogens is 268 g/mol. The van der Waals surface area contributed by atoms with Gasteiger partial charge in [0.05, 0.1) is 17.2 Å². The summed E-state index contributed by atoms with van der Waals surface area (Å²) >= 11 is 5.88. The molecule has 0 aromatic heterocycles. The number of rotatable bonds is 4. The first kappa shape index (κ1) is 13.1. The standard InChI is InChI=1S/C13H9ClN2O3/c1-2-19-13-10(11(17)12(13)18)16-8-4-3-7(6-15)9(14)5-8/h3-5,16H,2H2,1H3. The van der Waals surface area contributed by atoms with E-state index in [4.69, 9.17) is 21.6 Å². The number of anilines is 2. The zero-order chi connectivity index (χ0) is 14.0. The number of hydrogen-bond acceptors (Lipinski definition) is 5. The minimum atomic E-state index is -0.635. The summed E-state index contributed by atoms with van der Waals surface area (Å²) in [5, 5.41) is 11.8. The van der Waals surface area contributed by atoms with Crippen LogP contribution in [0, 0.1) is 11.3 Å². The van der Waals surface area contributed by atoms with Crippen LogP contribution in [0.2, 0.25) is 5.02 Å². The van der Waals surface area contributed by atoms with Crippen molar-refractivity contribution >= 4 is 23.0 Å². The molecule has 2 rings (SSSR count). The summed E-state index contributed by atoms with van der Waals surface area (Å²) in [7, 11) is 0. The quantitative estimate of drug-likeness (QED) is 0.864. The molecule has 0 aliphatic rings. The molecule has 0 atom stereocenters. The molecule has 0 aliphatic heterocycles. The summed E-state index contributed by atoms with van der Waals surface area (Å²) in [6.45, 7) is 2.02. The second kappa shape index (κ2) is 5.12. The fraction of sp³-hybridized carbons (Fsp3) is 0.154. The van der Waals surface area contributed by atoms with Gasteiger partial charge in [0.15, 0.2) is 5.75 Å². The third-order valence-electron chi connectivity index (χ3n) is 2.51. The lowest BCUT2D eigenvalue weighted by Gasteiger charge is -2.13. The Bertz CT molecular complexity index is 739. The Kier molecular flexibility index (Phi) is 3.54. The largest absolute Gasteiger partial charge is 0.488 e. The van der Waals surface area contributed by atoms with E-state index in [-0.39, 0.29) is 16.5 Å². The number of nitrogens with zero attached hydrogens (tertiary/aromatic N) is 1. The topological polar surface area (TPSA) is 79.2 Å². The Morgan fingerprint density at radius 3 is 2.68 bits per heavy atom. The van der Waals surface area contributed by atoms with E-state index in [1.54, 1.807) is 13.0 Å². The number of nitrogens with one attached hydrogen (secondary N) is 1. The third kappa shape index (κ3) is 2.30. The van der Waals surface area contributed by atoms with Crippen LogP contribution in [0.25, 0.3) is 0 Å². The molecular formula is C13H9ClN2O3. The lowest BCUT2D eigenvalue weighted by atomic mass is 10.2. The fourth-order valence-corrected chi connectivity index (χ4v) is 1.82. The van der Waals surface area contributed by atoms with Crippen LogP contribution in [0.15, 0.2) is 27.8 Å². The maximum absolute atomic E-state index is 11.4. The number of hydrogen-bond donors (Lipinski definition) is 1. The molecule has 0 amide bonds. The lowest BCUT2D eigenvalue weighted by Crippen LogP contribution is -2.35. The van der Waals surface area contributed by atoms with Crippen molar-refractivity contribution in [3.63, 3.8) is 0 Å². The van der Waals surface area contributed by atoms with Crippen LogP contribution in [0.4, 0.5) is 11.4 Å². The molecule has 0 saturated carbocycles. The van der Waals surface area contributed by atoms with E-state index in [1.807, 2.05) is 6.07 Å². The zero-order valence-corrected chi connectivity index (χ0v) is 10.7. The van der Waals surface area contributed by atoms with Gasteiger partial charge in [-0.05, 0) is 25.1 Å². The van der Waals surface area contributed by atoms with Gasteiger partial charge in [-0.3, -0.25) is 9.59 Å². The van der Waals surface area contributed by atoms with E-state index in [0.717, 1.165) is 0 Å². The van der Waals surface area contributed by atoms with Crippen LogP contribution >= 0.6 is 11.6 Å². The summed E-state index contributed by atoms with van der Waals surface area (Å²) in [6.07, 6.45) is 0. The lowest BCUT2D eigenvalue weighted by molar-refractivity contribution is 0.335. The molecule has 0 radical (unpaired) electrons. The van der Waals surface area contributed by atoms with E-state index < -0.39 is 10.9 Å². The van der Waals surface area contributed by atoms with Crippen molar-refractivity contribution < 1.29 is 4.74 Å². The van der Waals surface area contributed by atoms with Crippen LogP contribution < -0.4 is 20.9 Å². The van der Waals surface area contributed by atoms with Crippen LogP contribution in [0.3, 0.4) is 0 Å². The smallest absolute Gasteiger partial charge is 0.272 e. The van der Waals surface area contributed by atoms with E-state index >= 15 is 0 Å². The first-order valence-corrected chi connectivity index (χ1v) is 5.89. The van der Waals surface area contributed by atoms with Crippen molar-refractivity contribution in [2.24, 2.45) is 0 Å². The van der Waals surface area contributed by atoms with Crippen molar-refractivity contribution in [1.82, 2.24) is 0 Å². The highest BCUT2D eigenvalue weighted by molar-refractivity contribution is 6.32. The highest BCUT2D eigenvalue weighted by Gasteiger charge is 2.22. The van der Waals surface area contributed by atoms with Gasteiger partial charge in [0, 0.05) is 5.69 Å². The monoisotopic (exact) mass is 276 g/mol. The fourth-order valence-electron chi connectivity index (χ4n) is 1.59. The van der Waals surface area contributed by atoms with Gasteiger partial charge in [-0.25, -0.2) is 0 Å². The van der Waals surface area contributed by atoms with Gasteiger partial charge in [-0.2, -0.15) is 5.26 Å². The molecule has 2 aromatic carbocycles. The SMILES string of the molecule is CCOc1c(Nc2ccc(C#N)c(Cl)c2)c(=O)c1=O. The van der Waals surface area contributed by atoms with Gasteiger partial charge in [0.25, 0.3) is 10.9 Å². The predicted molar refractivity (Wildman–Crippen MR) is 72.0 cm³/mol. The van der Waals surface area contributed by atoms with Gasteiger partial charge < -0.3 is 10.1 Å². The number of halogens is 1. The molecule has 0 aliphatic carbocycles. The molecule has 0 unspecified atom stereocenters. The Morgan fingerprint density at radius 1 is 1.37 bits per heavy atom. The molecule has 0 fully saturated rings. The Morgan fingerprint density at radius 2 is 2.11 bits per heavy atom. The molecule has 6 heteroatoms. The van der Waals surface area contributed by atoms with Crippen LogP contribution in [0.1, 0.15) is 12.5 Å². The maximum Gasteiger partial charge on any atom is 0.272 e. The van der Waals surface area contributed by atoms with Crippen molar-refractivity contribution in [2.45, 2.75) is 6.92 Å². The van der Waals surface area contributed by atoms with E-state index in [1.165, 1.54) is 12.1 Å². The van der Waals surface area contributed by atoms with Crippen molar-refractivity contribution in [3.05, 3.63) is 49.2 Å². The van der Waals surface area contributed by atoms with Crippen molar-refractivity contribution in [2.75, 3.05) is 11.9 Å². The van der Waals surface area contributed by atoms with Crippen LogP contribution in [0.5, 0.6) is 5.75 Å². The minimum absolute atomic E-state index is 0.0352. The molecule has 0 spiro atoms. The van der Waals surface area contributed by atoms with Crippen LogP contribution in [-0.2, 0) is 0 Å². The van der Waals surface area contributed by atoms with Gasteiger partial charge in [0.2, 0.25) is 0 Å². The zero-order valence-electron chi connectivity index (χ0n) is 9.99. The summed E-state index contributed by atoms with van der Waals surface area (Å²) in [5.74, 6) is 0.0352. The number of nitriles is 1. The van der Waals surface area contributed by atoms with Gasteiger partial charge in [0.1, 0.15) is 11.8 Å². The van der Waals surface area contributed by atoms with E-state index in [9.17, 15) is 9.59 Å². The minimum Gasteiger partial charge on any atom is -0.488 e. The number of benzene rings is 1. The summed E-state index contributed by atoms with van der Waals surface area (Å²) in [6, 6.07) is 6.56. The average Bonchev–Trinajstić information content (AvgIpc) is 2.42. The summed E-state index contributed by atoms with van der Waals surface area (Å²) in [5.41, 5.74) is -0.292. The molecule has 19 heavy (non-hydrogen) atoms. The first-order chi connectivity index (χ1) is 9.08. The second-order valence-electron chi connectivity index (χ2n) is 3.73. The highest BCUT2D eigenvalue weighted by atomic mass is 35.5. The Hall–Kier alpha value is -2.32. The molecule has 1 N–H and O–H groups in total. The molecule has 0 bridgehead atoms. The third-order valence-corrected chi connectivity index (χ3v) is 2.83. The van der Waals surface area contributed by atoms with Crippen LogP contribution in [-0.4, -0.2) is 6.61 Å². The number of ether oxygens (including phenoxy) is 1. The van der Waals surface area contributed by atoms with Crippen molar-refractivity contribution in [1.29, 1.82) is 5.26 Å². The van der Waals surface area contributed by atoms with E-state index in [0.29, 0.717) is 17.9 Å². The molecule has 0 heterocycles. The first-order valence-electron chi connectivity index (χ1n) is 5.51. The molecule has 0 saturated heterocycles. The Labute approximate surface area is 113 Å². The average molecular weight is 277 g/mol. The summed E-state index contributed by atoms with van der Waals surface area (Å²) in [4.78, 5) is 22.7. The summed E-state index contributed by atoms with van der Waals surface area (Å²) < 4.78 is 5.08. The molecule has 2 aromatic rings. The highest BCUT2D eigenvalue weighted by Crippen LogP contribution is 2.26. The van der Waals surface area contributed by atoms with Crippen molar-refractivity contribution in [3.8, 4) is 11.8 Å². The second-order valence-corrected chi connectivity index (χ2v) is 4.13. The van der Waals surface area contributed by atoms with E-state index in [2.05, 4.69) is 5.32 Å². The Balaban J connectivity index is 2.30. The normalized spacial score (nSPS) is 10.2. The predicted octanol–water partition coefficient (Wildman–Crippen LogP) is 1.95. The van der Waals surface area contributed by atoms with Gasteiger partial charge in [-0.1, -0.05) is 11.6 Å². The van der Waals surface area contributed by atoms with Gasteiger partial charge in [-0.15, -0.1) is 0 Å². The maximum atomic E-state index is 11.4. The molecule has 96 valence electrons.